The lowest BCUT2D eigenvalue weighted by atomic mass is 10.1. The topological polar surface area (TPSA) is 66.9 Å². The molecule has 2 heterocycles. The third-order valence-corrected chi connectivity index (χ3v) is 3.81. The monoisotopic (exact) mass is 350 g/mol. The molecule has 1 amide bonds. The fraction of sp³-hybridized carbons (Fsp3) is 0.150. The number of benzene rings is 1. The van der Waals surface area contributed by atoms with Crippen molar-refractivity contribution in [1.29, 1.82) is 0 Å². The number of carbonyl (C=O) groups is 1. The van der Waals surface area contributed by atoms with Crippen LogP contribution in [0.5, 0.6) is 0 Å². The zero-order valence-corrected chi connectivity index (χ0v) is 14.2. The van der Waals surface area contributed by atoms with E-state index in [1.807, 2.05) is 24.3 Å². The molecule has 0 atom stereocenters. The van der Waals surface area contributed by atoms with Crippen molar-refractivity contribution in [1.82, 2.24) is 15.3 Å². The summed E-state index contributed by atoms with van der Waals surface area (Å²) in [6, 6.07) is 15.5. The van der Waals surface area contributed by atoms with Gasteiger partial charge in [-0.3, -0.25) is 9.78 Å². The summed E-state index contributed by atoms with van der Waals surface area (Å²) in [5.74, 6) is -0.498. The second-order valence-electron chi connectivity index (χ2n) is 5.74. The van der Waals surface area contributed by atoms with Crippen LogP contribution in [0.2, 0.25) is 0 Å². The summed E-state index contributed by atoms with van der Waals surface area (Å²) >= 11 is 0. The first-order chi connectivity index (χ1) is 12.7. The van der Waals surface area contributed by atoms with Crippen LogP contribution in [0, 0.1) is 5.82 Å². The van der Waals surface area contributed by atoms with Crippen LogP contribution in [0.25, 0.3) is 0 Å². The maximum atomic E-state index is 12.9. The SMILES string of the molecule is O=C(NCCc1ccc(F)cc1)c1ccc(NCc2ccccn2)cn1. The van der Waals surface area contributed by atoms with E-state index in [4.69, 9.17) is 0 Å². The summed E-state index contributed by atoms with van der Waals surface area (Å²) in [6.07, 6.45) is 4.00. The summed E-state index contributed by atoms with van der Waals surface area (Å²) in [4.78, 5) is 20.5. The van der Waals surface area contributed by atoms with E-state index >= 15 is 0 Å². The van der Waals surface area contributed by atoms with Gasteiger partial charge in [-0.15, -0.1) is 0 Å². The predicted octanol–water partition coefficient (Wildman–Crippen LogP) is 3.20. The molecule has 0 radical (unpaired) electrons. The average Bonchev–Trinajstić information content (AvgIpc) is 2.69. The summed E-state index contributed by atoms with van der Waals surface area (Å²) in [7, 11) is 0. The number of rotatable bonds is 7. The van der Waals surface area contributed by atoms with Gasteiger partial charge in [0.1, 0.15) is 11.5 Å². The molecule has 5 nitrogen and oxygen atoms in total. The first-order valence-corrected chi connectivity index (χ1v) is 8.33. The lowest BCUT2D eigenvalue weighted by Gasteiger charge is -2.07. The van der Waals surface area contributed by atoms with Gasteiger partial charge in [0.25, 0.3) is 5.91 Å². The van der Waals surface area contributed by atoms with E-state index in [-0.39, 0.29) is 11.7 Å². The molecule has 1 aromatic carbocycles. The van der Waals surface area contributed by atoms with Gasteiger partial charge in [0.15, 0.2) is 0 Å². The van der Waals surface area contributed by atoms with Crippen LogP contribution in [0.1, 0.15) is 21.7 Å². The molecule has 132 valence electrons. The summed E-state index contributed by atoms with van der Waals surface area (Å²) in [5, 5.41) is 6.02. The van der Waals surface area contributed by atoms with Gasteiger partial charge >= 0.3 is 0 Å². The molecule has 0 bridgehead atoms. The molecule has 0 saturated heterocycles. The number of amides is 1. The van der Waals surface area contributed by atoms with E-state index < -0.39 is 0 Å². The van der Waals surface area contributed by atoms with Crippen LogP contribution in [-0.4, -0.2) is 22.4 Å². The van der Waals surface area contributed by atoms with E-state index in [1.165, 1.54) is 12.1 Å². The Morgan fingerprint density at radius 2 is 1.85 bits per heavy atom. The molecule has 0 saturated carbocycles. The van der Waals surface area contributed by atoms with Crippen molar-refractivity contribution in [2.24, 2.45) is 0 Å². The van der Waals surface area contributed by atoms with E-state index in [0.29, 0.717) is 25.2 Å². The van der Waals surface area contributed by atoms with E-state index in [1.54, 1.807) is 30.6 Å². The highest BCUT2D eigenvalue weighted by Crippen LogP contribution is 2.08. The molecular weight excluding hydrogens is 331 g/mol. The van der Waals surface area contributed by atoms with Gasteiger partial charge in [-0.1, -0.05) is 18.2 Å². The van der Waals surface area contributed by atoms with Crippen LogP contribution >= 0.6 is 0 Å². The Labute approximate surface area is 151 Å². The third kappa shape index (κ3) is 5.11. The normalized spacial score (nSPS) is 10.3. The number of aromatic nitrogens is 2. The molecule has 2 N–H and O–H groups in total. The molecule has 0 aliphatic rings. The highest BCUT2D eigenvalue weighted by molar-refractivity contribution is 5.92. The number of hydrogen-bond acceptors (Lipinski definition) is 4. The van der Waals surface area contributed by atoms with Crippen LogP contribution in [0.3, 0.4) is 0 Å². The number of pyridine rings is 2. The lowest BCUT2D eigenvalue weighted by molar-refractivity contribution is 0.0949. The van der Waals surface area contributed by atoms with Gasteiger partial charge in [0.05, 0.1) is 24.1 Å². The highest BCUT2D eigenvalue weighted by Gasteiger charge is 2.06. The van der Waals surface area contributed by atoms with Gasteiger partial charge in [0, 0.05) is 12.7 Å². The van der Waals surface area contributed by atoms with Gasteiger partial charge in [-0.25, -0.2) is 9.37 Å². The lowest BCUT2D eigenvalue weighted by Crippen LogP contribution is -2.26. The second-order valence-corrected chi connectivity index (χ2v) is 5.74. The zero-order chi connectivity index (χ0) is 18.2. The number of carbonyl (C=O) groups excluding carboxylic acids is 1. The Bertz CT molecular complexity index is 836. The molecular formula is C20H19FN4O. The largest absolute Gasteiger partial charge is 0.378 e. The van der Waals surface area contributed by atoms with Crippen LogP contribution in [0.4, 0.5) is 10.1 Å². The van der Waals surface area contributed by atoms with Crippen LogP contribution in [-0.2, 0) is 13.0 Å². The summed E-state index contributed by atoms with van der Waals surface area (Å²) in [5.41, 5.74) is 3.06. The molecule has 0 unspecified atom stereocenters. The summed E-state index contributed by atoms with van der Waals surface area (Å²) < 4.78 is 12.9. The Morgan fingerprint density at radius 3 is 2.54 bits per heavy atom. The number of nitrogens with zero attached hydrogens (tertiary/aromatic N) is 2. The van der Waals surface area contributed by atoms with Crippen LogP contribution in [0.15, 0.2) is 67.0 Å². The molecule has 3 aromatic rings. The van der Waals surface area contributed by atoms with Crippen molar-refractivity contribution < 1.29 is 9.18 Å². The van der Waals surface area contributed by atoms with Gasteiger partial charge < -0.3 is 10.6 Å². The number of halogens is 1. The minimum atomic E-state index is -0.265. The zero-order valence-electron chi connectivity index (χ0n) is 14.2. The van der Waals surface area contributed by atoms with E-state index in [0.717, 1.165) is 16.9 Å². The standard InChI is InChI=1S/C20H19FN4O/c21-16-6-4-15(5-7-16)10-12-23-20(26)19-9-8-18(14-25-19)24-13-17-3-1-2-11-22-17/h1-9,11,14,24H,10,12-13H2,(H,23,26). The average molecular weight is 350 g/mol. The number of anilines is 1. The summed E-state index contributed by atoms with van der Waals surface area (Å²) in [6.45, 7) is 1.05. The Kier molecular flexibility index (Phi) is 5.88. The predicted molar refractivity (Wildman–Crippen MR) is 98.2 cm³/mol. The molecule has 0 aliphatic carbocycles. The highest BCUT2D eigenvalue weighted by atomic mass is 19.1. The molecule has 6 heteroatoms. The number of nitrogens with one attached hydrogen (secondary N) is 2. The number of hydrogen-bond donors (Lipinski definition) is 2. The Hall–Kier alpha value is -3.28. The molecule has 0 spiro atoms. The third-order valence-electron chi connectivity index (χ3n) is 3.81. The maximum Gasteiger partial charge on any atom is 0.269 e. The Balaban J connectivity index is 1.46. The maximum absolute atomic E-state index is 12.9. The Morgan fingerprint density at radius 1 is 1.00 bits per heavy atom. The van der Waals surface area contributed by atoms with Crippen LogP contribution < -0.4 is 10.6 Å². The minimum absolute atomic E-state index is 0.233. The first kappa shape index (κ1) is 17.5. The van der Waals surface area contributed by atoms with Crippen molar-refractivity contribution in [2.75, 3.05) is 11.9 Å². The second kappa shape index (κ2) is 8.71. The quantitative estimate of drug-likeness (QED) is 0.687. The smallest absolute Gasteiger partial charge is 0.269 e. The first-order valence-electron chi connectivity index (χ1n) is 8.33. The molecule has 2 aromatic heterocycles. The molecule has 3 rings (SSSR count). The van der Waals surface area contributed by atoms with Crippen molar-refractivity contribution in [2.45, 2.75) is 13.0 Å². The van der Waals surface area contributed by atoms with Crippen molar-refractivity contribution in [3.8, 4) is 0 Å². The van der Waals surface area contributed by atoms with E-state index in [9.17, 15) is 9.18 Å². The van der Waals surface area contributed by atoms with Gasteiger partial charge in [-0.2, -0.15) is 0 Å². The molecule has 0 fully saturated rings. The minimum Gasteiger partial charge on any atom is -0.378 e. The fourth-order valence-electron chi connectivity index (χ4n) is 2.39. The van der Waals surface area contributed by atoms with Crippen molar-refractivity contribution in [3.63, 3.8) is 0 Å². The van der Waals surface area contributed by atoms with Gasteiger partial charge in [-0.05, 0) is 48.4 Å². The van der Waals surface area contributed by atoms with Gasteiger partial charge in [0.2, 0.25) is 0 Å². The van der Waals surface area contributed by atoms with Crippen molar-refractivity contribution >= 4 is 11.6 Å². The van der Waals surface area contributed by atoms with Crippen molar-refractivity contribution in [3.05, 3.63) is 89.8 Å². The van der Waals surface area contributed by atoms with E-state index in [2.05, 4.69) is 20.6 Å². The fourth-order valence-corrected chi connectivity index (χ4v) is 2.39. The molecule has 26 heavy (non-hydrogen) atoms. The molecule has 0 aliphatic heterocycles.